The Hall–Kier alpha value is -2.67. The lowest BCUT2D eigenvalue weighted by molar-refractivity contribution is 0.213. The minimum Gasteiger partial charge on any atom is -0.489 e. The van der Waals surface area contributed by atoms with E-state index in [1.807, 2.05) is 32.0 Å². The molecule has 0 spiro atoms. The number of nitrogens with one attached hydrogen (secondary N) is 3. The molecule has 2 amide bonds. The molecule has 1 atom stereocenters. The third-order valence-corrected chi connectivity index (χ3v) is 4.41. The van der Waals surface area contributed by atoms with Crippen LogP contribution in [0.25, 0.3) is 0 Å². The lowest BCUT2D eigenvalue weighted by Crippen LogP contribution is -2.42. The monoisotopic (exact) mass is 355 g/mol. The Kier molecular flexibility index (Phi) is 5.37. The van der Waals surface area contributed by atoms with E-state index in [4.69, 9.17) is 4.74 Å². The maximum Gasteiger partial charge on any atom is 0.324 e. The van der Waals surface area contributed by atoms with Crippen molar-refractivity contribution in [2.24, 2.45) is 0 Å². The zero-order valence-electron chi connectivity index (χ0n) is 15.4. The Morgan fingerprint density at radius 1 is 1.27 bits per heavy atom. The SMILES string of the molecule is Cc1ccc(OCC2(C)CCCN2)c(NC(=O)Nc2cnc(C)cn2)c1. The maximum atomic E-state index is 12.3. The van der Waals surface area contributed by atoms with Gasteiger partial charge in [-0.05, 0) is 57.9 Å². The fraction of sp³-hybridized carbons (Fsp3) is 0.421. The van der Waals surface area contributed by atoms with Crippen LogP contribution in [0, 0.1) is 13.8 Å². The van der Waals surface area contributed by atoms with Crippen LogP contribution in [0.4, 0.5) is 16.3 Å². The smallest absolute Gasteiger partial charge is 0.324 e. The van der Waals surface area contributed by atoms with Crippen LogP contribution < -0.4 is 20.7 Å². The summed E-state index contributed by atoms with van der Waals surface area (Å²) in [7, 11) is 0. The molecule has 7 nitrogen and oxygen atoms in total. The van der Waals surface area contributed by atoms with Gasteiger partial charge in [0.25, 0.3) is 0 Å². The first-order valence-electron chi connectivity index (χ1n) is 8.79. The second-order valence-corrected chi connectivity index (χ2v) is 7.00. The van der Waals surface area contributed by atoms with Gasteiger partial charge < -0.3 is 15.4 Å². The second kappa shape index (κ2) is 7.70. The van der Waals surface area contributed by atoms with Gasteiger partial charge >= 0.3 is 6.03 Å². The molecule has 1 aliphatic heterocycles. The summed E-state index contributed by atoms with van der Waals surface area (Å²) in [6.07, 6.45) is 5.36. The molecular formula is C19H25N5O2. The fourth-order valence-corrected chi connectivity index (χ4v) is 2.91. The van der Waals surface area contributed by atoms with Gasteiger partial charge in [0.15, 0.2) is 5.82 Å². The van der Waals surface area contributed by atoms with Crippen LogP contribution in [-0.4, -0.2) is 34.7 Å². The topological polar surface area (TPSA) is 88.2 Å². The number of benzene rings is 1. The van der Waals surface area contributed by atoms with Crippen LogP contribution in [0.1, 0.15) is 31.0 Å². The van der Waals surface area contributed by atoms with Crippen molar-refractivity contribution in [2.75, 3.05) is 23.8 Å². The van der Waals surface area contributed by atoms with E-state index in [9.17, 15) is 4.79 Å². The van der Waals surface area contributed by atoms with Gasteiger partial charge in [0.2, 0.25) is 0 Å². The highest BCUT2D eigenvalue weighted by Gasteiger charge is 2.29. The van der Waals surface area contributed by atoms with Gasteiger partial charge in [0, 0.05) is 5.54 Å². The number of anilines is 2. The van der Waals surface area contributed by atoms with Crippen LogP contribution in [0.5, 0.6) is 5.75 Å². The molecule has 1 saturated heterocycles. The molecular weight excluding hydrogens is 330 g/mol. The Morgan fingerprint density at radius 3 is 2.81 bits per heavy atom. The Labute approximate surface area is 153 Å². The van der Waals surface area contributed by atoms with Crippen molar-refractivity contribution in [1.29, 1.82) is 0 Å². The average molecular weight is 355 g/mol. The summed E-state index contributed by atoms with van der Waals surface area (Å²) in [4.78, 5) is 20.5. The molecule has 0 aliphatic carbocycles. The molecule has 1 aromatic heterocycles. The standard InChI is InChI=1S/C19H25N5O2/c1-13-5-6-16(26-12-19(3)7-4-8-22-19)15(9-13)23-18(25)24-17-11-20-14(2)10-21-17/h5-6,9-11,22H,4,7-8,12H2,1-3H3,(H2,21,23,24,25). The number of rotatable bonds is 5. The first kappa shape index (κ1) is 18.1. The molecule has 0 bridgehead atoms. The lowest BCUT2D eigenvalue weighted by atomic mass is 10.0. The van der Waals surface area contributed by atoms with Gasteiger partial charge in [-0.25, -0.2) is 9.78 Å². The van der Waals surface area contributed by atoms with E-state index >= 15 is 0 Å². The van der Waals surface area contributed by atoms with Crippen molar-refractivity contribution >= 4 is 17.5 Å². The summed E-state index contributed by atoms with van der Waals surface area (Å²) in [6, 6.07) is 5.35. The first-order valence-corrected chi connectivity index (χ1v) is 8.79. The van der Waals surface area contributed by atoms with Crippen molar-refractivity contribution in [3.8, 4) is 5.75 Å². The molecule has 1 unspecified atom stereocenters. The predicted octanol–water partition coefficient (Wildman–Crippen LogP) is 3.26. The van der Waals surface area contributed by atoms with Crippen molar-refractivity contribution in [2.45, 2.75) is 39.2 Å². The molecule has 3 N–H and O–H groups in total. The number of ether oxygens (including phenoxy) is 1. The van der Waals surface area contributed by atoms with E-state index in [0.29, 0.717) is 23.9 Å². The molecule has 0 saturated carbocycles. The van der Waals surface area contributed by atoms with Gasteiger partial charge in [-0.3, -0.25) is 10.3 Å². The summed E-state index contributed by atoms with van der Waals surface area (Å²) in [5, 5.41) is 8.99. The first-order chi connectivity index (χ1) is 12.4. The third kappa shape index (κ3) is 4.70. The van der Waals surface area contributed by atoms with Gasteiger partial charge in [-0.2, -0.15) is 0 Å². The quantitative estimate of drug-likeness (QED) is 0.766. The van der Waals surface area contributed by atoms with E-state index in [1.54, 1.807) is 6.20 Å². The van der Waals surface area contributed by atoms with E-state index in [2.05, 4.69) is 32.8 Å². The van der Waals surface area contributed by atoms with Crippen molar-refractivity contribution in [3.63, 3.8) is 0 Å². The molecule has 0 radical (unpaired) electrons. The number of hydrogen-bond donors (Lipinski definition) is 3. The van der Waals surface area contributed by atoms with E-state index in [-0.39, 0.29) is 11.6 Å². The van der Waals surface area contributed by atoms with Crippen LogP contribution >= 0.6 is 0 Å². The highest BCUT2D eigenvalue weighted by Crippen LogP contribution is 2.28. The van der Waals surface area contributed by atoms with Gasteiger partial charge in [-0.15, -0.1) is 0 Å². The highest BCUT2D eigenvalue weighted by atomic mass is 16.5. The summed E-state index contributed by atoms with van der Waals surface area (Å²) < 4.78 is 6.01. The Morgan fingerprint density at radius 2 is 2.12 bits per heavy atom. The number of urea groups is 1. The Balaban J connectivity index is 1.66. The lowest BCUT2D eigenvalue weighted by Gasteiger charge is -2.25. The summed E-state index contributed by atoms with van der Waals surface area (Å²) in [5.41, 5.74) is 2.43. The number of hydrogen-bond acceptors (Lipinski definition) is 5. The Bertz CT molecular complexity index is 770. The van der Waals surface area contributed by atoms with Gasteiger partial charge in [0.05, 0.1) is 23.8 Å². The molecule has 2 heterocycles. The molecule has 1 aliphatic rings. The normalized spacial score (nSPS) is 19.2. The summed E-state index contributed by atoms with van der Waals surface area (Å²) in [5.74, 6) is 1.04. The minimum atomic E-state index is -0.385. The van der Waals surface area contributed by atoms with Crippen LogP contribution in [0.15, 0.2) is 30.6 Å². The number of aromatic nitrogens is 2. The highest BCUT2D eigenvalue weighted by molar-refractivity contribution is 6.00. The zero-order valence-corrected chi connectivity index (χ0v) is 15.4. The van der Waals surface area contributed by atoms with E-state index in [0.717, 1.165) is 30.6 Å². The fourth-order valence-electron chi connectivity index (χ4n) is 2.91. The summed E-state index contributed by atoms with van der Waals surface area (Å²) in [6.45, 7) is 7.53. The molecule has 1 fully saturated rings. The molecule has 1 aromatic carbocycles. The van der Waals surface area contributed by atoms with Gasteiger partial charge in [0.1, 0.15) is 12.4 Å². The van der Waals surface area contributed by atoms with Crippen molar-refractivity contribution in [3.05, 3.63) is 41.9 Å². The minimum absolute atomic E-state index is 0.0259. The average Bonchev–Trinajstić information content (AvgIpc) is 3.03. The molecule has 2 aromatic rings. The largest absolute Gasteiger partial charge is 0.489 e. The zero-order chi connectivity index (χ0) is 18.6. The number of carbonyl (C=O) groups is 1. The van der Waals surface area contributed by atoms with Crippen LogP contribution in [0.3, 0.4) is 0 Å². The summed E-state index contributed by atoms with van der Waals surface area (Å²) >= 11 is 0. The van der Waals surface area contributed by atoms with Crippen LogP contribution in [0.2, 0.25) is 0 Å². The molecule has 26 heavy (non-hydrogen) atoms. The van der Waals surface area contributed by atoms with Crippen molar-refractivity contribution in [1.82, 2.24) is 15.3 Å². The van der Waals surface area contributed by atoms with E-state index in [1.165, 1.54) is 6.20 Å². The number of nitrogens with zero attached hydrogens (tertiary/aromatic N) is 2. The molecule has 3 rings (SSSR count). The molecule has 138 valence electrons. The third-order valence-electron chi connectivity index (χ3n) is 4.41. The van der Waals surface area contributed by atoms with Crippen LogP contribution in [-0.2, 0) is 0 Å². The number of aryl methyl sites for hydroxylation is 2. The second-order valence-electron chi connectivity index (χ2n) is 7.00. The predicted molar refractivity (Wildman–Crippen MR) is 102 cm³/mol. The number of amides is 2. The van der Waals surface area contributed by atoms with E-state index < -0.39 is 0 Å². The van der Waals surface area contributed by atoms with Crippen molar-refractivity contribution < 1.29 is 9.53 Å². The van der Waals surface area contributed by atoms with Gasteiger partial charge in [-0.1, -0.05) is 6.07 Å². The maximum absolute atomic E-state index is 12.3. The molecule has 7 heteroatoms. The number of carbonyl (C=O) groups excluding carboxylic acids is 1.